The first-order valence-corrected chi connectivity index (χ1v) is 14.3. The summed E-state index contributed by atoms with van der Waals surface area (Å²) in [5, 5.41) is 9.44. The topological polar surface area (TPSA) is 81.0 Å². The number of likely N-dealkylation sites (tertiary alicyclic amines) is 1. The highest BCUT2D eigenvalue weighted by molar-refractivity contribution is 5.84. The summed E-state index contributed by atoms with van der Waals surface area (Å²) in [6.07, 6.45) is 9.78. The molecule has 0 atom stereocenters. The third kappa shape index (κ3) is 4.47. The maximum absolute atomic E-state index is 13.9. The molecule has 0 radical (unpaired) electrons. The number of hydrogen-bond acceptors (Lipinski definition) is 5. The Morgan fingerprint density at radius 2 is 1.95 bits per heavy atom. The van der Waals surface area contributed by atoms with Crippen LogP contribution in [0.1, 0.15) is 73.5 Å². The monoisotopic (exact) mass is 548 g/mol. The van der Waals surface area contributed by atoms with Crippen molar-refractivity contribution < 1.29 is 13.5 Å². The summed E-state index contributed by atoms with van der Waals surface area (Å²) >= 11 is 0. The number of rotatable bonds is 8. The Bertz CT molecular complexity index is 1590. The van der Waals surface area contributed by atoms with Crippen LogP contribution in [0.3, 0.4) is 0 Å². The van der Waals surface area contributed by atoms with Crippen LogP contribution in [0.2, 0.25) is 0 Å². The molecule has 4 heterocycles. The Morgan fingerprint density at radius 1 is 1.15 bits per heavy atom. The van der Waals surface area contributed by atoms with Gasteiger partial charge < -0.3 is 14.3 Å². The summed E-state index contributed by atoms with van der Waals surface area (Å²) in [4.78, 5) is 19.9. The molecule has 3 aromatic heterocycles. The Morgan fingerprint density at radius 3 is 2.65 bits per heavy atom. The molecule has 1 saturated heterocycles. The van der Waals surface area contributed by atoms with Gasteiger partial charge in [-0.3, -0.25) is 14.3 Å². The molecule has 210 valence electrons. The summed E-state index contributed by atoms with van der Waals surface area (Å²) in [5.74, 6) is 1.16. The molecule has 2 aliphatic carbocycles. The van der Waals surface area contributed by atoms with Gasteiger partial charge >= 0.3 is 6.61 Å². The van der Waals surface area contributed by atoms with E-state index in [4.69, 9.17) is 4.74 Å². The Kier molecular flexibility index (Phi) is 6.35. The number of nitrogens with zero attached hydrogens (tertiary/aromatic N) is 5. The summed E-state index contributed by atoms with van der Waals surface area (Å²) < 4.78 is 34.4. The van der Waals surface area contributed by atoms with Gasteiger partial charge in [-0.25, -0.2) is 0 Å². The maximum atomic E-state index is 13.9. The van der Waals surface area contributed by atoms with Crippen LogP contribution in [0.5, 0.6) is 0 Å². The molecule has 3 aliphatic rings. The highest BCUT2D eigenvalue weighted by Crippen LogP contribution is 2.50. The number of aryl methyl sites for hydroxylation is 1. The van der Waals surface area contributed by atoms with Gasteiger partial charge in [0.05, 0.1) is 11.5 Å². The number of halogens is 2. The largest absolute Gasteiger partial charge is 0.353 e. The molecule has 1 aromatic carbocycles. The lowest BCUT2D eigenvalue weighted by molar-refractivity contribution is -0.192. The number of aromatic amines is 1. The molecule has 1 aliphatic heterocycles. The first-order valence-electron chi connectivity index (χ1n) is 14.3. The van der Waals surface area contributed by atoms with Crippen molar-refractivity contribution in [1.82, 2.24) is 29.2 Å². The normalized spacial score (nSPS) is 23.6. The van der Waals surface area contributed by atoms with Crippen LogP contribution in [0.25, 0.3) is 16.6 Å². The van der Waals surface area contributed by atoms with Crippen molar-refractivity contribution in [3.8, 4) is 5.69 Å². The van der Waals surface area contributed by atoms with E-state index in [2.05, 4.69) is 26.1 Å². The number of H-pyrrole nitrogens is 1. The Labute approximate surface area is 231 Å². The molecule has 4 aromatic rings. The number of alkyl halides is 2. The Balaban J connectivity index is 1.28. The van der Waals surface area contributed by atoms with Gasteiger partial charge in [-0.2, -0.15) is 8.78 Å². The average Bonchev–Trinajstić information content (AvgIpc) is 3.54. The van der Waals surface area contributed by atoms with Gasteiger partial charge in [-0.05, 0) is 86.9 Å². The minimum absolute atomic E-state index is 0.0818. The van der Waals surface area contributed by atoms with Crippen LogP contribution in [0.15, 0.2) is 47.7 Å². The van der Waals surface area contributed by atoms with E-state index >= 15 is 0 Å². The lowest BCUT2D eigenvalue weighted by Crippen LogP contribution is -2.49. The van der Waals surface area contributed by atoms with Crippen LogP contribution in [-0.2, 0) is 23.7 Å². The van der Waals surface area contributed by atoms with Crippen molar-refractivity contribution in [3.63, 3.8) is 0 Å². The molecule has 10 heteroatoms. The van der Waals surface area contributed by atoms with Crippen LogP contribution in [0.4, 0.5) is 8.78 Å². The number of ether oxygens (including phenoxy) is 1. The highest BCUT2D eigenvalue weighted by Gasteiger charge is 2.51. The smallest absolute Gasteiger partial charge is 0.345 e. The zero-order valence-electron chi connectivity index (χ0n) is 22.7. The van der Waals surface area contributed by atoms with Crippen molar-refractivity contribution in [2.24, 2.45) is 7.05 Å². The second-order valence-electron chi connectivity index (χ2n) is 11.8. The number of hydrogen-bond donors (Lipinski definition) is 1. The van der Waals surface area contributed by atoms with Crippen LogP contribution in [0, 0.1) is 0 Å². The molecule has 2 saturated carbocycles. The standard InChI is InChI=1S/C30H34F2N6O2/c1-36-18-33-35-28(36)30(14-23(15-30)40-29(31)32)20-6-5-7-22(12-20)38-17-25(19-8-9-19)24-13-21(34-26(24)27(38)39)16-37-10-3-2-4-11-37/h5-7,12-13,17-19,23,29,34H,2-4,8-11,14-16H2,1H3. The number of benzene rings is 1. The molecule has 0 spiro atoms. The minimum Gasteiger partial charge on any atom is -0.353 e. The lowest BCUT2D eigenvalue weighted by atomic mass is 9.62. The fourth-order valence-corrected chi connectivity index (χ4v) is 6.83. The molecule has 7 rings (SSSR count). The van der Waals surface area contributed by atoms with Crippen LogP contribution >= 0.6 is 0 Å². The number of pyridine rings is 1. The fraction of sp³-hybridized carbons (Fsp3) is 0.500. The third-order valence-electron chi connectivity index (χ3n) is 9.01. The average molecular weight is 549 g/mol. The number of nitrogens with one attached hydrogen (secondary N) is 1. The molecule has 1 N–H and O–H groups in total. The van der Waals surface area contributed by atoms with Crippen molar-refractivity contribution in [2.45, 2.75) is 75.5 Å². The molecule has 0 unspecified atom stereocenters. The number of piperidine rings is 1. The first kappa shape index (κ1) is 25.6. The summed E-state index contributed by atoms with van der Waals surface area (Å²) in [6, 6.07) is 10.0. The molecule has 0 amide bonds. The maximum Gasteiger partial charge on any atom is 0.345 e. The van der Waals surface area contributed by atoms with E-state index in [9.17, 15) is 13.6 Å². The highest BCUT2D eigenvalue weighted by atomic mass is 19.3. The van der Waals surface area contributed by atoms with E-state index in [0.29, 0.717) is 30.1 Å². The third-order valence-corrected chi connectivity index (χ3v) is 9.01. The van der Waals surface area contributed by atoms with Crippen molar-refractivity contribution in [3.05, 3.63) is 75.9 Å². The molecule has 3 fully saturated rings. The second-order valence-corrected chi connectivity index (χ2v) is 11.8. The van der Waals surface area contributed by atoms with Crippen molar-refractivity contribution in [1.29, 1.82) is 0 Å². The summed E-state index contributed by atoms with van der Waals surface area (Å²) in [5.41, 5.74) is 3.90. The second kappa shape index (κ2) is 9.92. The number of aromatic nitrogens is 5. The lowest BCUT2D eigenvalue weighted by Gasteiger charge is -2.46. The molecule has 0 bridgehead atoms. The van der Waals surface area contributed by atoms with Gasteiger partial charge in [0.15, 0.2) is 0 Å². The van der Waals surface area contributed by atoms with E-state index in [0.717, 1.165) is 54.8 Å². The van der Waals surface area contributed by atoms with Crippen LogP contribution in [-0.4, -0.2) is 55.0 Å². The van der Waals surface area contributed by atoms with Crippen molar-refractivity contribution >= 4 is 10.9 Å². The molecule has 8 nitrogen and oxygen atoms in total. The minimum atomic E-state index is -2.82. The predicted molar refractivity (Wildman–Crippen MR) is 147 cm³/mol. The van der Waals surface area contributed by atoms with E-state index in [1.807, 2.05) is 42.1 Å². The van der Waals surface area contributed by atoms with E-state index < -0.39 is 18.1 Å². The Hall–Kier alpha value is -3.37. The molecular weight excluding hydrogens is 514 g/mol. The molecule has 40 heavy (non-hydrogen) atoms. The SMILES string of the molecule is Cn1cnnc1C1(c2cccc(-n3cc(C4CC4)c4cc(CN5CCCCC5)[nH]c4c3=O)c2)CC(OC(F)F)C1. The van der Waals surface area contributed by atoms with Gasteiger partial charge in [-0.15, -0.1) is 10.2 Å². The zero-order chi connectivity index (χ0) is 27.4. The predicted octanol–water partition coefficient (Wildman–Crippen LogP) is 5.00. The van der Waals surface area contributed by atoms with Gasteiger partial charge in [0.1, 0.15) is 17.7 Å². The first-order chi connectivity index (χ1) is 19.4. The van der Waals surface area contributed by atoms with Gasteiger partial charge in [0, 0.05) is 36.6 Å². The summed E-state index contributed by atoms with van der Waals surface area (Å²) in [7, 11) is 1.86. The van der Waals surface area contributed by atoms with Gasteiger partial charge in [-0.1, -0.05) is 18.6 Å². The number of fused-ring (bicyclic) bond motifs is 1. The van der Waals surface area contributed by atoms with E-state index in [1.54, 1.807) is 10.9 Å². The van der Waals surface area contributed by atoms with Crippen molar-refractivity contribution in [2.75, 3.05) is 13.1 Å². The fourth-order valence-electron chi connectivity index (χ4n) is 6.83. The van der Waals surface area contributed by atoms with Gasteiger partial charge in [0.2, 0.25) is 0 Å². The zero-order valence-corrected chi connectivity index (χ0v) is 22.7. The van der Waals surface area contributed by atoms with Crippen LogP contribution < -0.4 is 5.56 Å². The van der Waals surface area contributed by atoms with Gasteiger partial charge in [0.25, 0.3) is 5.56 Å². The van der Waals surface area contributed by atoms with E-state index in [1.165, 1.54) is 24.8 Å². The molecular formula is C30H34F2N6O2. The quantitative estimate of drug-likeness (QED) is 0.335. The van der Waals surface area contributed by atoms with E-state index in [-0.39, 0.29) is 5.56 Å². The summed E-state index contributed by atoms with van der Waals surface area (Å²) in [6.45, 7) is 0.201.